The predicted octanol–water partition coefficient (Wildman–Crippen LogP) is 3.94. The maximum absolute atomic E-state index is 12.5. The SMILES string of the molecule is C[C@H](OC(=O)c1ccc(C(F)(F)F)cc1)C(=O)Nc1ccc(Cl)cn1. The van der Waals surface area contributed by atoms with Gasteiger partial charge in [-0.25, -0.2) is 9.78 Å². The summed E-state index contributed by atoms with van der Waals surface area (Å²) in [5.74, 6) is -1.35. The number of halogens is 4. The van der Waals surface area contributed by atoms with Gasteiger partial charge in [0, 0.05) is 6.20 Å². The summed E-state index contributed by atoms with van der Waals surface area (Å²) in [6.45, 7) is 1.33. The van der Waals surface area contributed by atoms with E-state index in [0.717, 1.165) is 24.3 Å². The van der Waals surface area contributed by atoms with Gasteiger partial charge in [-0.15, -0.1) is 0 Å². The van der Waals surface area contributed by atoms with E-state index in [1.54, 1.807) is 0 Å². The first-order valence-corrected chi connectivity index (χ1v) is 7.35. The number of hydrogen-bond acceptors (Lipinski definition) is 4. The number of pyridine rings is 1. The molecular weight excluding hydrogens is 361 g/mol. The lowest BCUT2D eigenvalue weighted by atomic mass is 10.1. The number of hydrogen-bond donors (Lipinski definition) is 1. The van der Waals surface area contributed by atoms with Gasteiger partial charge in [-0.2, -0.15) is 13.2 Å². The quantitative estimate of drug-likeness (QED) is 0.825. The number of nitrogens with one attached hydrogen (secondary N) is 1. The number of ether oxygens (including phenoxy) is 1. The Kier molecular flexibility index (Phi) is 5.63. The predicted molar refractivity (Wildman–Crippen MR) is 84.2 cm³/mol. The van der Waals surface area contributed by atoms with Crippen molar-refractivity contribution in [3.63, 3.8) is 0 Å². The summed E-state index contributed by atoms with van der Waals surface area (Å²) in [7, 11) is 0. The minimum Gasteiger partial charge on any atom is -0.449 e. The molecule has 0 saturated carbocycles. The third-order valence-electron chi connectivity index (χ3n) is 3.08. The van der Waals surface area contributed by atoms with Crippen LogP contribution in [-0.2, 0) is 15.7 Å². The van der Waals surface area contributed by atoms with Gasteiger partial charge in [-0.3, -0.25) is 4.79 Å². The molecule has 0 fully saturated rings. The van der Waals surface area contributed by atoms with Crippen LogP contribution in [0.15, 0.2) is 42.6 Å². The maximum Gasteiger partial charge on any atom is 0.416 e. The number of nitrogens with zero attached hydrogens (tertiary/aromatic N) is 1. The second-order valence-electron chi connectivity index (χ2n) is 4.97. The van der Waals surface area contributed by atoms with Gasteiger partial charge in [0.15, 0.2) is 6.10 Å². The molecule has 0 aliphatic rings. The first-order valence-electron chi connectivity index (χ1n) is 6.97. The van der Waals surface area contributed by atoms with Gasteiger partial charge in [-0.05, 0) is 43.3 Å². The van der Waals surface area contributed by atoms with E-state index in [9.17, 15) is 22.8 Å². The molecule has 25 heavy (non-hydrogen) atoms. The lowest BCUT2D eigenvalue weighted by molar-refractivity contribution is -0.137. The zero-order chi connectivity index (χ0) is 18.6. The van der Waals surface area contributed by atoms with E-state index in [1.807, 2.05) is 0 Å². The minimum atomic E-state index is -4.50. The topological polar surface area (TPSA) is 68.3 Å². The summed E-state index contributed by atoms with van der Waals surface area (Å²) in [4.78, 5) is 27.7. The fraction of sp³-hybridized carbons (Fsp3) is 0.188. The van der Waals surface area contributed by atoms with Crippen LogP contribution in [0.3, 0.4) is 0 Å². The smallest absolute Gasteiger partial charge is 0.416 e. The second kappa shape index (κ2) is 7.52. The highest BCUT2D eigenvalue weighted by atomic mass is 35.5. The van der Waals surface area contributed by atoms with Crippen LogP contribution in [0.4, 0.5) is 19.0 Å². The summed E-state index contributed by atoms with van der Waals surface area (Å²) in [5, 5.41) is 2.81. The van der Waals surface area contributed by atoms with E-state index >= 15 is 0 Å². The van der Waals surface area contributed by atoms with E-state index in [1.165, 1.54) is 25.3 Å². The molecule has 9 heteroatoms. The summed E-state index contributed by atoms with van der Waals surface area (Å²) in [6.07, 6.45) is -4.34. The Hall–Kier alpha value is -2.61. The third kappa shape index (κ3) is 5.18. The Morgan fingerprint density at radius 2 is 1.80 bits per heavy atom. The van der Waals surface area contributed by atoms with Crippen LogP contribution >= 0.6 is 11.6 Å². The molecule has 0 aliphatic carbocycles. The number of aromatic nitrogens is 1. The monoisotopic (exact) mass is 372 g/mol. The molecule has 0 aliphatic heterocycles. The highest BCUT2D eigenvalue weighted by molar-refractivity contribution is 6.30. The number of rotatable bonds is 4. The van der Waals surface area contributed by atoms with Crippen molar-refractivity contribution in [1.82, 2.24) is 4.98 Å². The Labute approximate surface area is 145 Å². The molecule has 0 saturated heterocycles. The Bertz CT molecular complexity index is 762. The molecule has 1 N–H and O–H groups in total. The second-order valence-corrected chi connectivity index (χ2v) is 5.41. The Morgan fingerprint density at radius 1 is 1.16 bits per heavy atom. The first kappa shape index (κ1) is 18.7. The van der Waals surface area contributed by atoms with Crippen molar-refractivity contribution in [2.45, 2.75) is 19.2 Å². The van der Waals surface area contributed by atoms with E-state index in [-0.39, 0.29) is 11.4 Å². The largest absolute Gasteiger partial charge is 0.449 e. The molecule has 1 heterocycles. The first-order chi connectivity index (χ1) is 11.7. The fourth-order valence-corrected chi connectivity index (χ4v) is 1.87. The summed E-state index contributed by atoms with van der Waals surface area (Å²) in [5.41, 5.74) is -0.985. The molecule has 2 rings (SSSR count). The Balaban J connectivity index is 1.97. The highest BCUT2D eigenvalue weighted by Crippen LogP contribution is 2.29. The fourth-order valence-electron chi connectivity index (χ4n) is 1.76. The van der Waals surface area contributed by atoms with Crippen LogP contribution < -0.4 is 5.32 Å². The molecular formula is C16H12ClF3N2O3. The number of esters is 1. The van der Waals surface area contributed by atoms with Crippen molar-refractivity contribution in [1.29, 1.82) is 0 Å². The number of anilines is 1. The molecule has 0 spiro atoms. The van der Waals surface area contributed by atoms with Gasteiger partial charge in [0.1, 0.15) is 5.82 Å². The number of amides is 1. The third-order valence-corrected chi connectivity index (χ3v) is 3.30. The van der Waals surface area contributed by atoms with E-state index in [0.29, 0.717) is 5.02 Å². The zero-order valence-electron chi connectivity index (χ0n) is 12.8. The van der Waals surface area contributed by atoms with Gasteiger partial charge in [0.25, 0.3) is 5.91 Å². The summed E-state index contributed by atoms with van der Waals surface area (Å²) < 4.78 is 42.4. The molecule has 1 amide bonds. The van der Waals surface area contributed by atoms with Crippen molar-refractivity contribution in [3.8, 4) is 0 Å². The van der Waals surface area contributed by atoms with Crippen LogP contribution in [-0.4, -0.2) is 23.0 Å². The van der Waals surface area contributed by atoms with Gasteiger partial charge >= 0.3 is 12.1 Å². The van der Waals surface area contributed by atoms with Gasteiger partial charge < -0.3 is 10.1 Å². The molecule has 0 radical (unpaired) electrons. The van der Waals surface area contributed by atoms with Crippen LogP contribution in [0.2, 0.25) is 5.02 Å². The van der Waals surface area contributed by atoms with Crippen molar-refractivity contribution in [2.24, 2.45) is 0 Å². The van der Waals surface area contributed by atoms with Crippen LogP contribution in [0.1, 0.15) is 22.8 Å². The molecule has 1 aromatic carbocycles. The van der Waals surface area contributed by atoms with E-state index in [4.69, 9.17) is 16.3 Å². The number of carbonyl (C=O) groups excluding carboxylic acids is 2. The van der Waals surface area contributed by atoms with E-state index in [2.05, 4.69) is 10.3 Å². The van der Waals surface area contributed by atoms with Crippen LogP contribution in [0, 0.1) is 0 Å². The normalized spacial score (nSPS) is 12.4. The standard InChI is InChI=1S/C16H12ClF3N2O3/c1-9(14(23)22-13-7-6-12(17)8-21-13)25-15(24)10-2-4-11(5-3-10)16(18,19)20/h2-9H,1H3,(H,21,22,23)/t9-/m0/s1. The number of alkyl halides is 3. The lowest BCUT2D eigenvalue weighted by Gasteiger charge is -2.13. The molecule has 0 unspecified atom stereocenters. The summed E-state index contributed by atoms with van der Waals surface area (Å²) in [6, 6.07) is 6.47. The van der Waals surface area contributed by atoms with Gasteiger partial charge in [0.2, 0.25) is 0 Å². The highest BCUT2D eigenvalue weighted by Gasteiger charge is 2.30. The van der Waals surface area contributed by atoms with Crippen molar-refractivity contribution < 1.29 is 27.5 Å². The summed E-state index contributed by atoms with van der Waals surface area (Å²) >= 11 is 5.67. The van der Waals surface area contributed by atoms with Crippen molar-refractivity contribution in [3.05, 3.63) is 58.7 Å². The molecule has 132 valence electrons. The van der Waals surface area contributed by atoms with Gasteiger partial charge in [-0.1, -0.05) is 11.6 Å². The molecule has 0 bridgehead atoms. The Morgan fingerprint density at radius 3 is 2.32 bits per heavy atom. The lowest BCUT2D eigenvalue weighted by Crippen LogP contribution is -2.30. The maximum atomic E-state index is 12.5. The van der Waals surface area contributed by atoms with Gasteiger partial charge in [0.05, 0.1) is 16.1 Å². The average Bonchev–Trinajstić information content (AvgIpc) is 2.56. The van der Waals surface area contributed by atoms with Crippen LogP contribution in [0.25, 0.3) is 0 Å². The van der Waals surface area contributed by atoms with Crippen LogP contribution in [0.5, 0.6) is 0 Å². The molecule has 1 aromatic heterocycles. The number of benzene rings is 1. The zero-order valence-corrected chi connectivity index (χ0v) is 13.6. The number of carbonyl (C=O) groups is 2. The minimum absolute atomic E-state index is 0.0998. The molecule has 2 aromatic rings. The molecule has 1 atom stereocenters. The van der Waals surface area contributed by atoms with E-state index < -0.39 is 29.7 Å². The molecule has 5 nitrogen and oxygen atoms in total. The average molecular weight is 373 g/mol. The van der Waals surface area contributed by atoms with Crippen molar-refractivity contribution >= 4 is 29.3 Å². The van der Waals surface area contributed by atoms with Crippen molar-refractivity contribution in [2.75, 3.05) is 5.32 Å².